The molecule has 0 aromatic carbocycles. The standard InChI is InChI=1S/C10H20ClNO2/c1-4-8(5-2)10(13)12-9(6-11)7-14-3/h8-9H,4-7H2,1-3H3,(H,12,13). The molecule has 0 rings (SSSR count). The van der Waals surface area contributed by atoms with Gasteiger partial charge in [0.05, 0.1) is 12.6 Å². The summed E-state index contributed by atoms with van der Waals surface area (Å²) in [5.41, 5.74) is 0. The molecule has 0 fully saturated rings. The van der Waals surface area contributed by atoms with Crippen molar-refractivity contribution in [3.05, 3.63) is 0 Å². The summed E-state index contributed by atoms with van der Waals surface area (Å²) in [6, 6.07) is -0.0743. The molecule has 3 nitrogen and oxygen atoms in total. The molecule has 1 N–H and O–H groups in total. The third kappa shape index (κ3) is 4.82. The van der Waals surface area contributed by atoms with Gasteiger partial charge in [-0.1, -0.05) is 13.8 Å². The lowest BCUT2D eigenvalue weighted by Gasteiger charge is -2.18. The van der Waals surface area contributed by atoms with Crippen molar-refractivity contribution in [1.82, 2.24) is 5.32 Å². The van der Waals surface area contributed by atoms with E-state index < -0.39 is 0 Å². The average Bonchev–Trinajstić information content (AvgIpc) is 2.19. The van der Waals surface area contributed by atoms with E-state index in [1.807, 2.05) is 13.8 Å². The predicted octanol–water partition coefficient (Wildman–Crippen LogP) is 1.79. The van der Waals surface area contributed by atoms with Crippen molar-refractivity contribution in [2.75, 3.05) is 19.6 Å². The van der Waals surface area contributed by atoms with Gasteiger partial charge in [0.15, 0.2) is 0 Å². The van der Waals surface area contributed by atoms with Gasteiger partial charge in [-0.2, -0.15) is 0 Å². The van der Waals surface area contributed by atoms with E-state index in [4.69, 9.17) is 16.3 Å². The second-order valence-electron chi connectivity index (χ2n) is 3.33. The first-order chi connectivity index (χ1) is 6.69. The molecule has 14 heavy (non-hydrogen) atoms. The molecule has 0 bridgehead atoms. The van der Waals surface area contributed by atoms with Gasteiger partial charge in [0.25, 0.3) is 0 Å². The van der Waals surface area contributed by atoms with Crippen molar-refractivity contribution >= 4 is 17.5 Å². The summed E-state index contributed by atoms with van der Waals surface area (Å²) in [5, 5.41) is 2.87. The van der Waals surface area contributed by atoms with Crippen LogP contribution in [0.1, 0.15) is 26.7 Å². The monoisotopic (exact) mass is 221 g/mol. The van der Waals surface area contributed by atoms with Crippen LogP contribution in [-0.4, -0.2) is 31.5 Å². The van der Waals surface area contributed by atoms with E-state index in [1.165, 1.54) is 0 Å². The molecule has 0 aliphatic heterocycles. The summed E-state index contributed by atoms with van der Waals surface area (Å²) in [6.07, 6.45) is 1.73. The molecule has 0 saturated heterocycles. The van der Waals surface area contributed by atoms with E-state index >= 15 is 0 Å². The normalized spacial score (nSPS) is 12.9. The Morgan fingerprint density at radius 2 is 2.00 bits per heavy atom. The van der Waals surface area contributed by atoms with Gasteiger partial charge >= 0.3 is 0 Å². The van der Waals surface area contributed by atoms with Crippen molar-refractivity contribution in [3.63, 3.8) is 0 Å². The Hall–Kier alpha value is -0.280. The van der Waals surface area contributed by atoms with E-state index in [0.29, 0.717) is 12.5 Å². The van der Waals surface area contributed by atoms with Gasteiger partial charge in [0.2, 0.25) is 5.91 Å². The van der Waals surface area contributed by atoms with Crippen LogP contribution < -0.4 is 5.32 Å². The predicted molar refractivity (Wildman–Crippen MR) is 58.6 cm³/mol. The SMILES string of the molecule is CCC(CC)C(=O)NC(CCl)COC. The first kappa shape index (κ1) is 13.7. The Balaban J connectivity index is 3.99. The number of halogens is 1. The fourth-order valence-corrected chi connectivity index (χ4v) is 1.47. The van der Waals surface area contributed by atoms with E-state index in [2.05, 4.69) is 5.32 Å². The van der Waals surface area contributed by atoms with Crippen molar-refractivity contribution < 1.29 is 9.53 Å². The number of rotatable bonds is 7. The second-order valence-corrected chi connectivity index (χ2v) is 3.64. The highest BCUT2D eigenvalue weighted by atomic mass is 35.5. The molecule has 0 spiro atoms. The highest BCUT2D eigenvalue weighted by Gasteiger charge is 2.17. The number of amides is 1. The number of ether oxygens (including phenoxy) is 1. The molecule has 1 unspecified atom stereocenters. The maximum Gasteiger partial charge on any atom is 0.223 e. The fourth-order valence-electron chi connectivity index (χ4n) is 1.30. The molecule has 0 aromatic heterocycles. The van der Waals surface area contributed by atoms with Crippen LogP contribution in [0.3, 0.4) is 0 Å². The van der Waals surface area contributed by atoms with E-state index in [1.54, 1.807) is 7.11 Å². The number of hydrogen-bond donors (Lipinski definition) is 1. The van der Waals surface area contributed by atoms with Gasteiger partial charge in [-0.3, -0.25) is 4.79 Å². The van der Waals surface area contributed by atoms with Gasteiger partial charge in [-0.05, 0) is 12.8 Å². The second kappa shape index (κ2) is 8.06. The molecule has 0 heterocycles. The van der Waals surface area contributed by atoms with Crippen molar-refractivity contribution in [2.24, 2.45) is 5.92 Å². The minimum Gasteiger partial charge on any atom is -0.383 e. The topological polar surface area (TPSA) is 38.3 Å². The summed E-state index contributed by atoms with van der Waals surface area (Å²) in [5.74, 6) is 0.565. The Kier molecular flexibility index (Phi) is 7.90. The Bertz CT molecular complexity index is 160. The molecular weight excluding hydrogens is 202 g/mol. The summed E-state index contributed by atoms with van der Waals surface area (Å²) in [7, 11) is 1.60. The third-order valence-corrected chi connectivity index (χ3v) is 2.63. The van der Waals surface area contributed by atoms with Crippen LogP contribution >= 0.6 is 11.6 Å². The van der Waals surface area contributed by atoms with Gasteiger partial charge in [0.1, 0.15) is 0 Å². The van der Waals surface area contributed by atoms with E-state index in [-0.39, 0.29) is 17.9 Å². The minimum atomic E-state index is -0.0743. The van der Waals surface area contributed by atoms with E-state index in [0.717, 1.165) is 12.8 Å². The molecule has 1 amide bonds. The maximum absolute atomic E-state index is 11.6. The smallest absolute Gasteiger partial charge is 0.223 e. The van der Waals surface area contributed by atoms with Crippen LogP contribution in [0.4, 0.5) is 0 Å². The average molecular weight is 222 g/mol. The number of alkyl halides is 1. The number of carbonyl (C=O) groups is 1. The minimum absolute atomic E-state index is 0.0743. The lowest BCUT2D eigenvalue weighted by Crippen LogP contribution is -2.42. The first-order valence-corrected chi connectivity index (χ1v) is 5.58. The molecule has 0 radical (unpaired) electrons. The van der Waals surface area contributed by atoms with Crippen molar-refractivity contribution in [2.45, 2.75) is 32.7 Å². The van der Waals surface area contributed by atoms with Crippen LogP contribution in [0.2, 0.25) is 0 Å². The zero-order valence-electron chi connectivity index (χ0n) is 9.18. The quantitative estimate of drug-likeness (QED) is 0.666. The molecule has 4 heteroatoms. The Morgan fingerprint density at radius 3 is 2.36 bits per heavy atom. The molecule has 0 aliphatic carbocycles. The number of nitrogens with one attached hydrogen (secondary N) is 1. The molecule has 0 saturated carbocycles. The molecular formula is C10H20ClNO2. The molecule has 84 valence electrons. The molecule has 0 aliphatic rings. The lowest BCUT2D eigenvalue weighted by atomic mass is 10.0. The van der Waals surface area contributed by atoms with Crippen LogP contribution in [0, 0.1) is 5.92 Å². The van der Waals surface area contributed by atoms with Crippen LogP contribution in [0.15, 0.2) is 0 Å². The van der Waals surface area contributed by atoms with E-state index in [9.17, 15) is 4.79 Å². The van der Waals surface area contributed by atoms with Gasteiger partial charge in [0, 0.05) is 18.9 Å². The molecule has 1 atom stereocenters. The van der Waals surface area contributed by atoms with Crippen LogP contribution in [-0.2, 0) is 9.53 Å². The molecule has 0 aromatic rings. The first-order valence-electron chi connectivity index (χ1n) is 5.04. The summed E-state index contributed by atoms with van der Waals surface area (Å²) in [4.78, 5) is 11.6. The Morgan fingerprint density at radius 1 is 1.43 bits per heavy atom. The number of hydrogen-bond acceptors (Lipinski definition) is 2. The fraction of sp³-hybridized carbons (Fsp3) is 0.900. The van der Waals surface area contributed by atoms with Gasteiger partial charge < -0.3 is 10.1 Å². The highest BCUT2D eigenvalue weighted by molar-refractivity contribution is 6.18. The lowest BCUT2D eigenvalue weighted by molar-refractivity contribution is -0.126. The number of methoxy groups -OCH3 is 1. The Labute approximate surface area is 91.2 Å². The third-order valence-electron chi connectivity index (χ3n) is 2.26. The zero-order chi connectivity index (χ0) is 11.0. The zero-order valence-corrected chi connectivity index (χ0v) is 9.93. The van der Waals surface area contributed by atoms with Crippen molar-refractivity contribution in [3.8, 4) is 0 Å². The van der Waals surface area contributed by atoms with Crippen LogP contribution in [0.5, 0.6) is 0 Å². The summed E-state index contributed by atoms with van der Waals surface area (Å²) >= 11 is 5.69. The van der Waals surface area contributed by atoms with Gasteiger partial charge in [-0.15, -0.1) is 11.6 Å². The maximum atomic E-state index is 11.6. The summed E-state index contributed by atoms with van der Waals surface area (Å²) < 4.78 is 4.94. The largest absolute Gasteiger partial charge is 0.383 e. The van der Waals surface area contributed by atoms with Gasteiger partial charge in [-0.25, -0.2) is 0 Å². The van der Waals surface area contributed by atoms with Crippen molar-refractivity contribution in [1.29, 1.82) is 0 Å². The van der Waals surface area contributed by atoms with Crippen LogP contribution in [0.25, 0.3) is 0 Å². The highest BCUT2D eigenvalue weighted by Crippen LogP contribution is 2.07. The number of carbonyl (C=O) groups excluding carboxylic acids is 1. The summed E-state index contributed by atoms with van der Waals surface area (Å²) in [6.45, 7) is 4.49.